The first-order valence-corrected chi connectivity index (χ1v) is 6.72. The van der Waals surface area contributed by atoms with Gasteiger partial charge in [-0.15, -0.1) is 11.8 Å². The van der Waals surface area contributed by atoms with E-state index in [9.17, 15) is 0 Å². The lowest BCUT2D eigenvalue weighted by Gasteiger charge is -2.12. The molecule has 0 radical (unpaired) electrons. The molecule has 0 aromatic heterocycles. The van der Waals surface area contributed by atoms with Gasteiger partial charge in [-0.2, -0.15) is 0 Å². The maximum atomic E-state index is 3.51. The van der Waals surface area contributed by atoms with E-state index in [0.717, 1.165) is 6.54 Å². The minimum atomic E-state index is 0.640. The van der Waals surface area contributed by atoms with Crippen molar-refractivity contribution in [2.24, 2.45) is 0 Å². The summed E-state index contributed by atoms with van der Waals surface area (Å²) >= 11 is 1.94. The fourth-order valence-electron chi connectivity index (χ4n) is 1.36. The SMILES string of the molecule is CCCNC(C)CCSc1ccccc1. The van der Waals surface area contributed by atoms with Gasteiger partial charge in [0.15, 0.2) is 0 Å². The second-order valence-electron chi connectivity index (χ2n) is 3.81. The van der Waals surface area contributed by atoms with E-state index in [4.69, 9.17) is 0 Å². The Balaban J connectivity index is 2.11. The molecule has 0 aliphatic heterocycles. The molecule has 1 aromatic rings. The number of rotatable bonds is 7. The highest BCUT2D eigenvalue weighted by molar-refractivity contribution is 7.99. The average Bonchev–Trinajstić information content (AvgIpc) is 2.28. The van der Waals surface area contributed by atoms with Crippen molar-refractivity contribution in [1.29, 1.82) is 0 Å². The van der Waals surface area contributed by atoms with Gasteiger partial charge < -0.3 is 5.32 Å². The van der Waals surface area contributed by atoms with E-state index < -0.39 is 0 Å². The smallest absolute Gasteiger partial charge is 0.00719 e. The number of thioether (sulfide) groups is 1. The van der Waals surface area contributed by atoms with Crippen LogP contribution in [0.1, 0.15) is 26.7 Å². The van der Waals surface area contributed by atoms with Crippen LogP contribution < -0.4 is 5.32 Å². The van der Waals surface area contributed by atoms with Crippen molar-refractivity contribution >= 4 is 11.8 Å². The summed E-state index contributed by atoms with van der Waals surface area (Å²) in [6, 6.07) is 11.3. The average molecular weight is 223 g/mol. The molecule has 0 fully saturated rings. The molecule has 1 aromatic carbocycles. The van der Waals surface area contributed by atoms with Gasteiger partial charge in [-0.25, -0.2) is 0 Å². The predicted molar refractivity (Wildman–Crippen MR) is 69.5 cm³/mol. The molecule has 0 saturated heterocycles. The molecule has 84 valence electrons. The number of nitrogens with one attached hydrogen (secondary N) is 1. The number of benzene rings is 1. The lowest BCUT2D eigenvalue weighted by Crippen LogP contribution is -2.27. The van der Waals surface area contributed by atoms with Crippen LogP contribution in [0.3, 0.4) is 0 Å². The zero-order chi connectivity index (χ0) is 10.9. The van der Waals surface area contributed by atoms with Crippen molar-refractivity contribution in [3.8, 4) is 0 Å². The molecule has 0 aliphatic carbocycles. The number of hydrogen-bond acceptors (Lipinski definition) is 2. The normalized spacial score (nSPS) is 12.7. The summed E-state index contributed by atoms with van der Waals surface area (Å²) in [4.78, 5) is 1.38. The summed E-state index contributed by atoms with van der Waals surface area (Å²) in [5.41, 5.74) is 0. The summed E-state index contributed by atoms with van der Waals surface area (Å²) in [5, 5.41) is 3.51. The fraction of sp³-hybridized carbons (Fsp3) is 0.538. The van der Waals surface area contributed by atoms with Gasteiger partial charge in [0.25, 0.3) is 0 Å². The van der Waals surface area contributed by atoms with Crippen LogP contribution in [0.5, 0.6) is 0 Å². The van der Waals surface area contributed by atoms with Gasteiger partial charge in [0.05, 0.1) is 0 Å². The molecule has 1 rings (SSSR count). The van der Waals surface area contributed by atoms with Crippen LogP contribution in [0.15, 0.2) is 35.2 Å². The first-order chi connectivity index (χ1) is 7.33. The standard InChI is InChI=1S/C13H21NS/c1-3-10-14-12(2)9-11-15-13-7-5-4-6-8-13/h4-8,12,14H,3,9-11H2,1-2H3. The zero-order valence-corrected chi connectivity index (χ0v) is 10.5. The number of hydrogen-bond donors (Lipinski definition) is 1. The van der Waals surface area contributed by atoms with Crippen LogP contribution in [-0.4, -0.2) is 18.3 Å². The Labute approximate surface area is 97.7 Å². The van der Waals surface area contributed by atoms with Gasteiger partial charge in [-0.3, -0.25) is 0 Å². The quantitative estimate of drug-likeness (QED) is 0.709. The third kappa shape index (κ3) is 5.85. The zero-order valence-electron chi connectivity index (χ0n) is 9.70. The maximum absolute atomic E-state index is 3.51. The highest BCUT2D eigenvalue weighted by Gasteiger charge is 2.00. The minimum absolute atomic E-state index is 0.640. The van der Waals surface area contributed by atoms with Crippen molar-refractivity contribution in [2.45, 2.75) is 37.6 Å². The largest absolute Gasteiger partial charge is 0.314 e. The van der Waals surface area contributed by atoms with E-state index in [1.54, 1.807) is 0 Å². The first-order valence-electron chi connectivity index (χ1n) is 5.74. The first kappa shape index (κ1) is 12.6. The molecular weight excluding hydrogens is 202 g/mol. The molecule has 1 nitrogen and oxygen atoms in total. The fourth-order valence-corrected chi connectivity index (χ4v) is 2.42. The molecule has 0 bridgehead atoms. The molecule has 1 unspecified atom stereocenters. The molecule has 0 heterocycles. The molecule has 1 N–H and O–H groups in total. The third-order valence-corrected chi connectivity index (χ3v) is 3.35. The van der Waals surface area contributed by atoms with Crippen LogP contribution in [-0.2, 0) is 0 Å². The Morgan fingerprint density at radius 2 is 2.00 bits per heavy atom. The Kier molecular flexibility index (Phi) is 6.53. The minimum Gasteiger partial charge on any atom is -0.314 e. The van der Waals surface area contributed by atoms with E-state index >= 15 is 0 Å². The third-order valence-electron chi connectivity index (χ3n) is 2.31. The van der Waals surface area contributed by atoms with Crippen LogP contribution in [0.4, 0.5) is 0 Å². The Hall–Kier alpha value is -0.470. The maximum Gasteiger partial charge on any atom is 0.00719 e. The van der Waals surface area contributed by atoms with Crippen molar-refractivity contribution in [3.63, 3.8) is 0 Å². The second kappa shape index (κ2) is 7.77. The van der Waals surface area contributed by atoms with Gasteiger partial charge in [0.2, 0.25) is 0 Å². The highest BCUT2D eigenvalue weighted by Crippen LogP contribution is 2.18. The monoisotopic (exact) mass is 223 g/mol. The molecule has 1 atom stereocenters. The molecule has 0 spiro atoms. The van der Waals surface area contributed by atoms with Crippen molar-refractivity contribution in [2.75, 3.05) is 12.3 Å². The predicted octanol–water partition coefficient (Wildman–Crippen LogP) is 3.56. The van der Waals surface area contributed by atoms with E-state index in [1.807, 2.05) is 11.8 Å². The lowest BCUT2D eigenvalue weighted by molar-refractivity contribution is 0.536. The summed E-state index contributed by atoms with van der Waals surface area (Å²) in [5.74, 6) is 1.20. The van der Waals surface area contributed by atoms with Gasteiger partial charge in [-0.05, 0) is 44.2 Å². The van der Waals surface area contributed by atoms with Crippen molar-refractivity contribution in [3.05, 3.63) is 30.3 Å². The lowest BCUT2D eigenvalue weighted by atomic mass is 10.2. The highest BCUT2D eigenvalue weighted by atomic mass is 32.2. The van der Waals surface area contributed by atoms with Crippen LogP contribution in [0.2, 0.25) is 0 Å². The van der Waals surface area contributed by atoms with Gasteiger partial charge in [-0.1, -0.05) is 25.1 Å². The molecular formula is C13H21NS. The molecule has 15 heavy (non-hydrogen) atoms. The van der Waals surface area contributed by atoms with Crippen LogP contribution >= 0.6 is 11.8 Å². The summed E-state index contributed by atoms with van der Waals surface area (Å²) < 4.78 is 0. The Morgan fingerprint density at radius 3 is 2.67 bits per heavy atom. The van der Waals surface area contributed by atoms with Crippen molar-refractivity contribution in [1.82, 2.24) is 5.32 Å². The molecule has 0 amide bonds. The summed E-state index contributed by atoms with van der Waals surface area (Å²) in [6.45, 7) is 5.61. The van der Waals surface area contributed by atoms with E-state index in [-0.39, 0.29) is 0 Å². The molecule has 0 saturated carbocycles. The van der Waals surface area contributed by atoms with E-state index in [2.05, 4.69) is 49.5 Å². The van der Waals surface area contributed by atoms with Gasteiger partial charge in [0.1, 0.15) is 0 Å². The Bertz CT molecular complexity index is 248. The van der Waals surface area contributed by atoms with Gasteiger partial charge >= 0.3 is 0 Å². The van der Waals surface area contributed by atoms with Crippen LogP contribution in [0, 0.1) is 0 Å². The van der Waals surface area contributed by atoms with E-state index in [1.165, 1.54) is 23.5 Å². The van der Waals surface area contributed by atoms with Crippen LogP contribution in [0.25, 0.3) is 0 Å². The van der Waals surface area contributed by atoms with E-state index in [0.29, 0.717) is 6.04 Å². The molecule has 2 heteroatoms. The topological polar surface area (TPSA) is 12.0 Å². The summed E-state index contributed by atoms with van der Waals surface area (Å²) in [7, 11) is 0. The summed E-state index contributed by atoms with van der Waals surface area (Å²) in [6.07, 6.45) is 2.45. The van der Waals surface area contributed by atoms with Crippen molar-refractivity contribution < 1.29 is 0 Å². The molecule has 0 aliphatic rings. The van der Waals surface area contributed by atoms with Gasteiger partial charge in [0, 0.05) is 10.9 Å². The Morgan fingerprint density at radius 1 is 1.27 bits per heavy atom. The second-order valence-corrected chi connectivity index (χ2v) is 4.97.